The van der Waals surface area contributed by atoms with Crippen molar-refractivity contribution in [3.63, 3.8) is 0 Å². The zero-order valence-electron chi connectivity index (χ0n) is 12.8. The molecule has 4 nitrogen and oxygen atoms in total. The smallest absolute Gasteiger partial charge is 0.147 e. The monoisotopic (exact) mass is 286 g/mol. The summed E-state index contributed by atoms with van der Waals surface area (Å²) in [6, 6.07) is 6.77. The van der Waals surface area contributed by atoms with Crippen LogP contribution < -0.4 is 9.47 Å². The highest BCUT2D eigenvalue weighted by Crippen LogP contribution is 2.39. The SMILES string of the molecule is COc1cc2c3c(c1)cc(C)n3C(CN1CCCC1)CO2. The molecule has 1 aromatic heterocycles. The number of rotatable bonds is 3. The lowest BCUT2D eigenvalue weighted by atomic mass is 10.2. The van der Waals surface area contributed by atoms with Crippen LogP contribution in [0, 0.1) is 6.92 Å². The Morgan fingerprint density at radius 3 is 2.81 bits per heavy atom. The van der Waals surface area contributed by atoms with Gasteiger partial charge in [-0.25, -0.2) is 0 Å². The summed E-state index contributed by atoms with van der Waals surface area (Å²) >= 11 is 0. The van der Waals surface area contributed by atoms with Crippen molar-refractivity contribution in [3.8, 4) is 11.5 Å². The van der Waals surface area contributed by atoms with E-state index in [-0.39, 0.29) is 0 Å². The summed E-state index contributed by atoms with van der Waals surface area (Å²) in [5.74, 6) is 1.82. The molecule has 1 fully saturated rings. The van der Waals surface area contributed by atoms with Gasteiger partial charge in [-0.15, -0.1) is 0 Å². The van der Waals surface area contributed by atoms with E-state index in [9.17, 15) is 0 Å². The van der Waals surface area contributed by atoms with Gasteiger partial charge < -0.3 is 18.9 Å². The van der Waals surface area contributed by atoms with Gasteiger partial charge >= 0.3 is 0 Å². The first-order valence-electron chi connectivity index (χ1n) is 7.81. The summed E-state index contributed by atoms with van der Waals surface area (Å²) in [5, 5.41) is 1.22. The molecule has 2 aliphatic heterocycles. The highest BCUT2D eigenvalue weighted by molar-refractivity contribution is 5.89. The van der Waals surface area contributed by atoms with Gasteiger partial charge in [0.25, 0.3) is 0 Å². The maximum atomic E-state index is 6.05. The molecule has 0 spiro atoms. The largest absolute Gasteiger partial charge is 0.497 e. The lowest BCUT2D eigenvalue weighted by Gasteiger charge is -2.31. The third kappa shape index (κ3) is 2.09. The van der Waals surface area contributed by atoms with Crippen molar-refractivity contribution in [1.29, 1.82) is 0 Å². The Morgan fingerprint density at radius 1 is 1.24 bits per heavy atom. The van der Waals surface area contributed by atoms with E-state index in [0.29, 0.717) is 6.04 Å². The van der Waals surface area contributed by atoms with E-state index in [4.69, 9.17) is 9.47 Å². The van der Waals surface area contributed by atoms with E-state index in [1.165, 1.54) is 42.5 Å². The second-order valence-corrected chi connectivity index (χ2v) is 6.19. The van der Waals surface area contributed by atoms with Gasteiger partial charge in [0, 0.05) is 23.7 Å². The fraction of sp³-hybridized carbons (Fsp3) is 0.529. The van der Waals surface area contributed by atoms with Gasteiger partial charge in [-0.2, -0.15) is 0 Å². The number of hydrogen-bond donors (Lipinski definition) is 0. The van der Waals surface area contributed by atoms with Gasteiger partial charge in [-0.1, -0.05) is 0 Å². The molecule has 3 heterocycles. The van der Waals surface area contributed by atoms with Gasteiger partial charge in [-0.3, -0.25) is 0 Å². The van der Waals surface area contributed by atoms with Crippen molar-refractivity contribution >= 4 is 10.9 Å². The molecule has 2 aliphatic rings. The predicted molar refractivity (Wildman–Crippen MR) is 83.4 cm³/mol. The summed E-state index contributed by atoms with van der Waals surface area (Å²) < 4.78 is 13.9. The molecule has 0 N–H and O–H groups in total. The van der Waals surface area contributed by atoms with Gasteiger partial charge in [0.05, 0.1) is 18.7 Å². The third-order valence-electron chi connectivity index (χ3n) is 4.76. The van der Waals surface area contributed by atoms with E-state index < -0.39 is 0 Å². The number of methoxy groups -OCH3 is 1. The van der Waals surface area contributed by atoms with E-state index in [0.717, 1.165) is 24.7 Å². The molecule has 2 aromatic rings. The molecular formula is C17H22N2O2. The van der Waals surface area contributed by atoms with Gasteiger partial charge in [-0.05, 0) is 45.0 Å². The first-order chi connectivity index (χ1) is 10.3. The zero-order valence-corrected chi connectivity index (χ0v) is 12.8. The van der Waals surface area contributed by atoms with E-state index in [2.05, 4.69) is 28.5 Å². The topological polar surface area (TPSA) is 26.6 Å². The summed E-state index contributed by atoms with van der Waals surface area (Å²) in [6.45, 7) is 6.50. The number of hydrogen-bond acceptors (Lipinski definition) is 3. The Balaban J connectivity index is 1.76. The molecule has 0 saturated carbocycles. The number of benzene rings is 1. The van der Waals surface area contributed by atoms with E-state index >= 15 is 0 Å². The summed E-state index contributed by atoms with van der Waals surface area (Å²) in [5.41, 5.74) is 2.54. The average Bonchev–Trinajstić information content (AvgIpc) is 3.10. The highest BCUT2D eigenvalue weighted by atomic mass is 16.5. The van der Waals surface area contributed by atoms with Crippen molar-refractivity contribution in [2.75, 3.05) is 33.4 Å². The molecule has 1 aromatic carbocycles. The van der Waals surface area contributed by atoms with Crippen LogP contribution in [0.15, 0.2) is 18.2 Å². The molecule has 1 unspecified atom stereocenters. The van der Waals surface area contributed by atoms with Crippen LogP contribution in [0.2, 0.25) is 0 Å². The van der Waals surface area contributed by atoms with Crippen molar-refractivity contribution in [2.45, 2.75) is 25.8 Å². The minimum atomic E-state index is 0.418. The van der Waals surface area contributed by atoms with Gasteiger partial charge in [0.15, 0.2) is 0 Å². The van der Waals surface area contributed by atoms with Crippen LogP contribution in [0.25, 0.3) is 10.9 Å². The second-order valence-electron chi connectivity index (χ2n) is 6.19. The van der Waals surface area contributed by atoms with Crippen molar-refractivity contribution in [3.05, 3.63) is 23.9 Å². The number of ether oxygens (including phenoxy) is 2. The third-order valence-corrected chi connectivity index (χ3v) is 4.76. The first kappa shape index (κ1) is 13.0. The Morgan fingerprint density at radius 2 is 2.05 bits per heavy atom. The molecule has 112 valence electrons. The van der Waals surface area contributed by atoms with Crippen LogP contribution in [0.4, 0.5) is 0 Å². The molecule has 1 atom stereocenters. The molecule has 0 aliphatic carbocycles. The second kappa shape index (κ2) is 4.95. The lowest BCUT2D eigenvalue weighted by Crippen LogP contribution is -2.34. The molecule has 1 saturated heterocycles. The van der Waals surface area contributed by atoms with Crippen LogP contribution in [0.3, 0.4) is 0 Å². The fourth-order valence-electron chi connectivity index (χ4n) is 3.80. The van der Waals surface area contributed by atoms with Crippen molar-refractivity contribution in [2.24, 2.45) is 0 Å². The Kier molecular flexibility index (Phi) is 3.07. The molecule has 21 heavy (non-hydrogen) atoms. The summed E-state index contributed by atoms with van der Waals surface area (Å²) in [4.78, 5) is 2.56. The maximum Gasteiger partial charge on any atom is 0.147 e. The molecule has 4 heteroatoms. The molecule has 0 radical (unpaired) electrons. The zero-order chi connectivity index (χ0) is 14.4. The molecule has 0 bridgehead atoms. The number of nitrogens with zero attached hydrogens (tertiary/aromatic N) is 2. The van der Waals surface area contributed by atoms with Gasteiger partial charge in [0.1, 0.15) is 18.1 Å². The standard InChI is InChI=1S/C17H22N2O2/c1-12-7-13-8-15(20-2)9-16-17(13)19(12)14(11-21-16)10-18-5-3-4-6-18/h7-9,14H,3-6,10-11H2,1-2H3. The lowest BCUT2D eigenvalue weighted by molar-refractivity contribution is 0.186. The minimum absolute atomic E-state index is 0.418. The molecule has 4 rings (SSSR count). The number of aryl methyl sites for hydroxylation is 1. The summed E-state index contributed by atoms with van der Waals surface area (Å²) in [7, 11) is 1.71. The predicted octanol–water partition coefficient (Wildman–Crippen LogP) is 2.99. The summed E-state index contributed by atoms with van der Waals surface area (Å²) in [6.07, 6.45) is 2.67. The quantitative estimate of drug-likeness (QED) is 0.868. The number of likely N-dealkylation sites (tertiary alicyclic amines) is 1. The van der Waals surface area contributed by atoms with Crippen LogP contribution in [-0.2, 0) is 0 Å². The first-order valence-corrected chi connectivity index (χ1v) is 7.81. The van der Waals surface area contributed by atoms with E-state index in [1.807, 2.05) is 6.07 Å². The molecular weight excluding hydrogens is 264 g/mol. The van der Waals surface area contributed by atoms with Crippen molar-refractivity contribution < 1.29 is 9.47 Å². The minimum Gasteiger partial charge on any atom is -0.497 e. The molecule has 0 amide bonds. The Bertz CT molecular complexity index is 671. The Labute approximate surface area is 125 Å². The highest BCUT2D eigenvalue weighted by Gasteiger charge is 2.27. The van der Waals surface area contributed by atoms with Crippen LogP contribution >= 0.6 is 0 Å². The van der Waals surface area contributed by atoms with Crippen LogP contribution in [0.1, 0.15) is 24.6 Å². The average molecular weight is 286 g/mol. The van der Waals surface area contributed by atoms with E-state index in [1.54, 1.807) is 7.11 Å². The van der Waals surface area contributed by atoms with Gasteiger partial charge in [0.2, 0.25) is 0 Å². The van der Waals surface area contributed by atoms with Crippen molar-refractivity contribution in [1.82, 2.24) is 9.47 Å². The normalized spacial score (nSPS) is 21.7. The Hall–Kier alpha value is -1.68. The fourth-order valence-corrected chi connectivity index (χ4v) is 3.80. The number of aromatic nitrogens is 1. The maximum absolute atomic E-state index is 6.05. The van der Waals surface area contributed by atoms with Crippen LogP contribution in [0.5, 0.6) is 11.5 Å². The van der Waals surface area contributed by atoms with Crippen LogP contribution in [-0.4, -0.2) is 42.8 Å².